The molecule has 0 spiro atoms. The molecule has 1 aliphatic rings. The lowest BCUT2D eigenvalue weighted by Gasteiger charge is -2.20. The van der Waals surface area contributed by atoms with Gasteiger partial charge >= 0.3 is 0 Å². The number of nitrogens with zero attached hydrogens (tertiary/aromatic N) is 5. The molecule has 1 amide bonds. The van der Waals surface area contributed by atoms with Crippen LogP contribution in [-0.2, 0) is 12.6 Å². The number of hydrogen-bond donors (Lipinski definition) is 1. The fraction of sp³-hybridized carbons (Fsp3) is 0.474. The summed E-state index contributed by atoms with van der Waals surface area (Å²) in [5, 5.41) is 12.6. The number of carbonyl (C=O) groups is 1. The van der Waals surface area contributed by atoms with Gasteiger partial charge in [0.2, 0.25) is 0 Å². The van der Waals surface area contributed by atoms with Crippen LogP contribution < -0.4 is 5.32 Å². The van der Waals surface area contributed by atoms with Crippen LogP contribution in [0.5, 0.6) is 0 Å². The molecule has 4 rings (SSSR count). The molecule has 0 bridgehead atoms. The van der Waals surface area contributed by atoms with Gasteiger partial charge in [0.1, 0.15) is 0 Å². The molecule has 0 radical (unpaired) electrons. The molecule has 7 nitrogen and oxygen atoms in total. The molecule has 1 N–H and O–H groups in total. The molecule has 0 saturated heterocycles. The predicted molar refractivity (Wildman–Crippen MR) is 100 cm³/mol. The van der Waals surface area contributed by atoms with Crippen molar-refractivity contribution in [3.05, 3.63) is 35.4 Å². The number of nitrogens with one attached hydrogen (secondary N) is 1. The van der Waals surface area contributed by atoms with Crippen LogP contribution in [0.1, 0.15) is 61.3 Å². The molecule has 0 aromatic carbocycles. The van der Waals surface area contributed by atoms with Gasteiger partial charge in [-0.2, -0.15) is 10.2 Å². The Hall–Kier alpha value is -2.70. The van der Waals surface area contributed by atoms with Gasteiger partial charge in [-0.3, -0.25) is 9.48 Å². The van der Waals surface area contributed by atoms with Crippen LogP contribution in [0.3, 0.4) is 0 Å². The molecule has 1 aliphatic carbocycles. The van der Waals surface area contributed by atoms with Crippen LogP contribution in [0.15, 0.2) is 18.5 Å². The standard InChI is InChI=1S/C19H24N6O/c1-11-16-14(18(26)21-13-9-20-24(5)10-13)8-15(12-6-7-12)22-17(16)25(23-11)19(2,3)4/h8-10,12H,6-7H2,1-5H3,(H,21,26). The Bertz CT molecular complexity index is 1000. The third-order valence-corrected chi connectivity index (χ3v) is 4.67. The Morgan fingerprint density at radius 3 is 2.62 bits per heavy atom. The van der Waals surface area contributed by atoms with Crippen LogP contribution >= 0.6 is 0 Å². The van der Waals surface area contributed by atoms with Crippen LogP contribution in [-0.4, -0.2) is 30.5 Å². The summed E-state index contributed by atoms with van der Waals surface area (Å²) in [5.41, 5.74) is 3.69. The SMILES string of the molecule is Cc1nn(C(C)(C)C)c2nc(C3CC3)cc(C(=O)Nc3cnn(C)c3)c12. The smallest absolute Gasteiger partial charge is 0.256 e. The van der Waals surface area contributed by atoms with E-state index in [1.807, 2.05) is 24.7 Å². The van der Waals surface area contributed by atoms with Crippen molar-refractivity contribution < 1.29 is 4.79 Å². The van der Waals surface area contributed by atoms with E-state index in [-0.39, 0.29) is 11.4 Å². The second-order valence-corrected chi connectivity index (χ2v) is 8.09. The number of anilines is 1. The highest BCUT2D eigenvalue weighted by molar-refractivity contribution is 6.12. The summed E-state index contributed by atoms with van der Waals surface area (Å²) in [6, 6.07) is 1.94. The third kappa shape index (κ3) is 2.87. The Morgan fingerprint density at radius 2 is 2.04 bits per heavy atom. The molecular formula is C19H24N6O. The first-order valence-corrected chi connectivity index (χ1v) is 8.95. The van der Waals surface area contributed by atoms with E-state index in [1.165, 1.54) is 0 Å². The molecule has 1 saturated carbocycles. The zero-order valence-corrected chi connectivity index (χ0v) is 15.9. The molecule has 136 valence electrons. The molecule has 0 aliphatic heterocycles. The number of aryl methyl sites for hydroxylation is 2. The lowest BCUT2D eigenvalue weighted by Crippen LogP contribution is -2.23. The quantitative estimate of drug-likeness (QED) is 0.784. The van der Waals surface area contributed by atoms with Crippen molar-refractivity contribution in [2.24, 2.45) is 7.05 Å². The summed E-state index contributed by atoms with van der Waals surface area (Å²) in [6.07, 6.45) is 5.68. The Balaban J connectivity index is 1.87. The van der Waals surface area contributed by atoms with Crippen molar-refractivity contribution in [3.8, 4) is 0 Å². The fourth-order valence-electron chi connectivity index (χ4n) is 3.23. The lowest BCUT2D eigenvalue weighted by atomic mass is 10.1. The van der Waals surface area contributed by atoms with Crippen molar-refractivity contribution in [2.75, 3.05) is 5.32 Å². The summed E-state index contributed by atoms with van der Waals surface area (Å²) >= 11 is 0. The summed E-state index contributed by atoms with van der Waals surface area (Å²) in [4.78, 5) is 17.9. The van der Waals surface area contributed by atoms with E-state index in [0.29, 0.717) is 17.2 Å². The maximum absolute atomic E-state index is 13.0. The van der Waals surface area contributed by atoms with Crippen molar-refractivity contribution in [3.63, 3.8) is 0 Å². The number of rotatable bonds is 3. The highest BCUT2D eigenvalue weighted by atomic mass is 16.1. The van der Waals surface area contributed by atoms with Gasteiger partial charge in [-0.05, 0) is 46.6 Å². The summed E-state index contributed by atoms with van der Waals surface area (Å²) < 4.78 is 3.60. The normalized spacial score (nSPS) is 14.8. The highest BCUT2D eigenvalue weighted by Crippen LogP contribution is 2.41. The molecule has 0 atom stereocenters. The first kappa shape index (κ1) is 16.8. The number of aromatic nitrogens is 5. The predicted octanol–water partition coefficient (Wildman–Crippen LogP) is 3.36. The van der Waals surface area contributed by atoms with E-state index in [4.69, 9.17) is 10.1 Å². The van der Waals surface area contributed by atoms with E-state index in [0.717, 1.165) is 35.3 Å². The number of hydrogen-bond acceptors (Lipinski definition) is 4. The summed E-state index contributed by atoms with van der Waals surface area (Å²) in [6.45, 7) is 8.23. The number of pyridine rings is 1. The molecule has 3 aromatic heterocycles. The van der Waals surface area contributed by atoms with E-state index in [2.05, 4.69) is 31.2 Å². The molecule has 1 fully saturated rings. The highest BCUT2D eigenvalue weighted by Gasteiger charge is 2.30. The molecule has 26 heavy (non-hydrogen) atoms. The van der Waals surface area contributed by atoms with E-state index >= 15 is 0 Å². The molecular weight excluding hydrogens is 328 g/mol. The zero-order chi connectivity index (χ0) is 18.6. The molecule has 3 heterocycles. The lowest BCUT2D eigenvalue weighted by molar-refractivity contribution is 0.102. The average Bonchev–Trinajstić information content (AvgIpc) is 3.25. The van der Waals surface area contributed by atoms with Crippen molar-refractivity contribution in [1.29, 1.82) is 0 Å². The molecule has 0 unspecified atom stereocenters. The van der Waals surface area contributed by atoms with E-state index in [9.17, 15) is 4.79 Å². The topological polar surface area (TPSA) is 77.6 Å². The first-order chi connectivity index (χ1) is 12.2. The van der Waals surface area contributed by atoms with Gasteiger partial charge in [0.15, 0.2) is 5.65 Å². The van der Waals surface area contributed by atoms with Crippen molar-refractivity contribution in [1.82, 2.24) is 24.5 Å². The first-order valence-electron chi connectivity index (χ1n) is 8.95. The number of fused-ring (bicyclic) bond motifs is 1. The van der Waals surface area contributed by atoms with E-state index in [1.54, 1.807) is 17.1 Å². The Kier molecular flexibility index (Phi) is 3.64. The zero-order valence-electron chi connectivity index (χ0n) is 15.9. The van der Waals surface area contributed by atoms with E-state index < -0.39 is 0 Å². The third-order valence-electron chi connectivity index (χ3n) is 4.67. The van der Waals surface area contributed by atoms with Crippen LogP contribution in [0.4, 0.5) is 5.69 Å². The second kappa shape index (κ2) is 5.65. The minimum absolute atomic E-state index is 0.149. The fourth-order valence-corrected chi connectivity index (χ4v) is 3.23. The van der Waals surface area contributed by atoms with Gasteiger partial charge in [-0.15, -0.1) is 0 Å². The summed E-state index contributed by atoms with van der Waals surface area (Å²) in [5.74, 6) is 0.303. The van der Waals surface area contributed by atoms with Crippen molar-refractivity contribution in [2.45, 2.75) is 52.0 Å². The number of carbonyl (C=O) groups excluding carboxylic acids is 1. The van der Waals surface area contributed by atoms with Gasteiger partial charge in [0.05, 0.1) is 34.1 Å². The number of amides is 1. The van der Waals surface area contributed by atoms with Gasteiger partial charge in [0, 0.05) is 24.9 Å². The van der Waals surface area contributed by atoms with Crippen LogP contribution in [0.2, 0.25) is 0 Å². The summed E-state index contributed by atoms with van der Waals surface area (Å²) in [7, 11) is 1.82. The van der Waals surface area contributed by atoms with Gasteiger partial charge in [-0.25, -0.2) is 9.67 Å². The Morgan fingerprint density at radius 1 is 1.31 bits per heavy atom. The van der Waals surface area contributed by atoms with Crippen LogP contribution in [0, 0.1) is 6.92 Å². The maximum Gasteiger partial charge on any atom is 0.256 e. The minimum Gasteiger partial charge on any atom is -0.319 e. The molecule has 7 heteroatoms. The van der Waals surface area contributed by atoms with Gasteiger partial charge in [0.25, 0.3) is 5.91 Å². The van der Waals surface area contributed by atoms with Crippen LogP contribution in [0.25, 0.3) is 11.0 Å². The minimum atomic E-state index is -0.210. The van der Waals surface area contributed by atoms with Gasteiger partial charge in [-0.1, -0.05) is 0 Å². The maximum atomic E-state index is 13.0. The Labute approximate surface area is 152 Å². The monoisotopic (exact) mass is 352 g/mol. The van der Waals surface area contributed by atoms with Crippen molar-refractivity contribution >= 4 is 22.6 Å². The second-order valence-electron chi connectivity index (χ2n) is 8.09. The average molecular weight is 352 g/mol. The van der Waals surface area contributed by atoms with Gasteiger partial charge < -0.3 is 5.32 Å². The molecule has 3 aromatic rings. The largest absolute Gasteiger partial charge is 0.319 e.